The Morgan fingerprint density at radius 1 is 1.22 bits per heavy atom. The first-order valence-corrected chi connectivity index (χ1v) is 10.5. The van der Waals surface area contributed by atoms with Gasteiger partial charge in [-0.3, -0.25) is 4.99 Å². The van der Waals surface area contributed by atoms with Crippen molar-refractivity contribution in [3.05, 3.63) is 71.4 Å². The fourth-order valence-electron chi connectivity index (χ4n) is 3.99. The van der Waals surface area contributed by atoms with E-state index in [2.05, 4.69) is 50.8 Å². The number of aryl methyl sites for hydroxylation is 2. The van der Waals surface area contributed by atoms with Crippen molar-refractivity contribution >= 4 is 35.8 Å². The van der Waals surface area contributed by atoms with Crippen LogP contribution >= 0.6 is 24.0 Å². The summed E-state index contributed by atoms with van der Waals surface area (Å²) in [4.78, 5) is 10.5. The smallest absolute Gasteiger partial charge is 0.191 e. The molecule has 0 radical (unpaired) electrons. The number of pyridine rings is 1. The first-order chi connectivity index (χ1) is 15.0. The third kappa shape index (κ3) is 5.37. The molecule has 3 heterocycles. The highest BCUT2D eigenvalue weighted by Crippen LogP contribution is 2.21. The van der Waals surface area contributed by atoms with Crippen LogP contribution in [0, 0.1) is 19.7 Å². The molecule has 2 aromatic heterocycles. The van der Waals surface area contributed by atoms with Gasteiger partial charge >= 0.3 is 0 Å². The maximum absolute atomic E-state index is 14.0. The van der Waals surface area contributed by atoms with E-state index in [1.165, 1.54) is 6.07 Å². The number of nitrogens with one attached hydrogen (secondary N) is 2. The van der Waals surface area contributed by atoms with E-state index in [4.69, 9.17) is 0 Å². The molecular weight excluding hydrogens is 520 g/mol. The number of hydrogen-bond acceptors (Lipinski definition) is 4. The predicted molar refractivity (Wildman–Crippen MR) is 137 cm³/mol. The first kappa shape index (κ1) is 24.0. The fraction of sp³-hybridized carbons (Fsp3) is 0.348. The second-order valence-corrected chi connectivity index (χ2v) is 7.78. The number of benzene rings is 1. The average molecular weight is 549 g/mol. The normalized spacial score (nSPS) is 16.1. The van der Waals surface area contributed by atoms with Crippen molar-refractivity contribution in [2.24, 2.45) is 4.99 Å². The molecule has 1 aliphatic heterocycles. The van der Waals surface area contributed by atoms with Crippen molar-refractivity contribution in [2.75, 3.05) is 25.0 Å². The molecule has 170 valence electrons. The number of aromatic nitrogens is 3. The topological polar surface area (TPSA) is 70.4 Å². The number of aliphatic imine (C=N–C) groups is 1. The molecule has 2 N–H and O–H groups in total. The van der Waals surface area contributed by atoms with E-state index in [1.54, 1.807) is 19.3 Å². The number of hydrogen-bond donors (Lipinski definition) is 2. The highest BCUT2D eigenvalue weighted by molar-refractivity contribution is 14.0. The molecule has 1 fully saturated rings. The van der Waals surface area contributed by atoms with Crippen LogP contribution in [0.15, 0.2) is 53.7 Å². The van der Waals surface area contributed by atoms with E-state index in [9.17, 15) is 4.39 Å². The summed E-state index contributed by atoms with van der Waals surface area (Å²) < 4.78 is 16.0. The molecule has 1 unspecified atom stereocenters. The van der Waals surface area contributed by atoms with Gasteiger partial charge in [-0.05, 0) is 50.1 Å². The van der Waals surface area contributed by atoms with Crippen LogP contribution in [0.5, 0.6) is 0 Å². The van der Waals surface area contributed by atoms with Gasteiger partial charge in [0.05, 0.1) is 11.4 Å². The summed E-state index contributed by atoms with van der Waals surface area (Å²) in [5, 5.41) is 11.5. The van der Waals surface area contributed by atoms with Crippen LogP contribution in [0.3, 0.4) is 0 Å². The molecular formula is C23H29FIN7. The van der Waals surface area contributed by atoms with Gasteiger partial charge < -0.3 is 15.5 Å². The number of nitrogens with zero attached hydrogens (tertiary/aromatic N) is 5. The summed E-state index contributed by atoms with van der Waals surface area (Å²) in [5.74, 6) is 0.844. The molecule has 1 aliphatic rings. The van der Waals surface area contributed by atoms with Gasteiger partial charge in [-0.2, -0.15) is 5.10 Å². The van der Waals surface area contributed by atoms with Crippen molar-refractivity contribution in [1.29, 1.82) is 0 Å². The Balaban J connectivity index is 0.00000289. The van der Waals surface area contributed by atoms with Crippen LogP contribution in [-0.4, -0.2) is 46.9 Å². The Bertz CT molecular complexity index is 1080. The number of rotatable bonds is 5. The zero-order valence-electron chi connectivity index (χ0n) is 18.5. The molecule has 0 bridgehead atoms. The zero-order valence-corrected chi connectivity index (χ0v) is 20.9. The molecule has 0 saturated carbocycles. The fourth-order valence-corrected chi connectivity index (χ4v) is 3.99. The Kier molecular flexibility index (Phi) is 8.05. The van der Waals surface area contributed by atoms with Crippen LogP contribution in [0.1, 0.15) is 23.4 Å². The van der Waals surface area contributed by atoms with Gasteiger partial charge in [0.2, 0.25) is 0 Å². The van der Waals surface area contributed by atoms with Crippen molar-refractivity contribution < 1.29 is 4.39 Å². The Morgan fingerprint density at radius 2 is 2.03 bits per heavy atom. The van der Waals surface area contributed by atoms with Gasteiger partial charge in [0.25, 0.3) is 0 Å². The molecule has 3 aromatic rings. The van der Waals surface area contributed by atoms with E-state index in [0.29, 0.717) is 18.9 Å². The maximum atomic E-state index is 14.0. The zero-order chi connectivity index (χ0) is 21.8. The van der Waals surface area contributed by atoms with E-state index in [1.807, 2.05) is 28.6 Å². The third-order valence-electron chi connectivity index (χ3n) is 5.47. The Morgan fingerprint density at radius 3 is 2.75 bits per heavy atom. The lowest BCUT2D eigenvalue weighted by atomic mass is 10.1. The molecule has 9 heteroatoms. The summed E-state index contributed by atoms with van der Waals surface area (Å²) in [6.45, 7) is 6.10. The summed E-state index contributed by atoms with van der Waals surface area (Å²) >= 11 is 0. The lowest BCUT2D eigenvalue weighted by Gasteiger charge is -2.20. The standard InChI is InChI=1S/C23H28FN7.HI/c1-16-13-17(2)31(29-16)21-9-5-4-7-18(21)14-27-23(25-3)28-19-10-12-30(15-19)22-20(24)8-6-11-26-22;/h4-9,11,13,19H,10,12,14-15H2,1-3H3,(H2,25,27,28);1H. The Labute approximate surface area is 205 Å². The third-order valence-corrected chi connectivity index (χ3v) is 5.47. The van der Waals surface area contributed by atoms with Gasteiger partial charge in [0.1, 0.15) is 0 Å². The van der Waals surface area contributed by atoms with Crippen LogP contribution in [0.2, 0.25) is 0 Å². The number of halogens is 2. The van der Waals surface area contributed by atoms with Crippen molar-refractivity contribution in [3.8, 4) is 5.69 Å². The number of guanidine groups is 1. The van der Waals surface area contributed by atoms with Crippen LogP contribution in [0.4, 0.5) is 10.2 Å². The second-order valence-electron chi connectivity index (χ2n) is 7.78. The van der Waals surface area contributed by atoms with Gasteiger partial charge in [-0.1, -0.05) is 18.2 Å². The van der Waals surface area contributed by atoms with Crippen molar-refractivity contribution in [3.63, 3.8) is 0 Å². The lowest BCUT2D eigenvalue weighted by Crippen LogP contribution is -2.44. The lowest BCUT2D eigenvalue weighted by molar-refractivity contribution is 0.612. The first-order valence-electron chi connectivity index (χ1n) is 10.5. The molecule has 4 rings (SSSR count). The molecule has 32 heavy (non-hydrogen) atoms. The summed E-state index contributed by atoms with van der Waals surface area (Å²) in [5.41, 5.74) is 4.27. The van der Waals surface area contributed by atoms with Crippen molar-refractivity contribution in [1.82, 2.24) is 25.4 Å². The minimum Gasteiger partial charge on any atom is -0.352 e. The molecule has 0 spiro atoms. The highest BCUT2D eigenvalue weighted by Gasteiger charge is 2.26. The number of anilines is 1. The van der Waals surface area contributed by atoms with Gasteiger partial charge in [0.15, 0.2) is 17.6 Å². The second kappa shape index (κ2) is 10.8. The summed E-state index contributed by atoms with van der Waals surface area (Å²) in [6, 6.07) is 13.5. The van der Waals surface area contributed by atoms with Crippen LogP contribution in [0.25, 0.3) is 5.69 Å². The molecule has 0 aliphatic carbocycles. The van der Waals surface area contributed by atoms with E-state index < -0.39 is 0 Å². The largest absolute Gasteiger partial charge is 0.352 e. The number of para-hydroxylation sites is 1. The van der Waals surface area contributed by atoms with Crippen LogP contribution in [-0.2, 0) is 6.54 Å². The van der Waals surface area contributed by atoms with E-state index in [0.717, 1.165) is 41.6 Å². The minimum atomic E-state index is -0.286. The van der Waals surface area contributed by atoms with Crippen molar-refractivity contribution in [2.45, 2.75) is 32.9 Å². The van der Waals surface area contributed by atoms with E-state index in [-0.39, 0.29) is 35.8 Å². The van der Waals surface area contributed by atoms with E-state index >= 15 is 0 Å². The quantitative estimate of drug-likeness (QED) is 0.289. The minimum absolute atomic E-state index is 0. The highest BCUT2D eigenvalue weighted by atomic mass is 127. The molecule has 1 saturated heterocycles. The van der Waals surface area contributed by atoms with Gasteiger partial charge in [-0.15, -0.1) is 24.0 Å². The molecule has 1 atom stereocenters. The summed E-state index contributed by atoms with van der Waals surface area (Å²) in [7, 11) is 1.76. The maximum Gasteiger partial charge on any atom is 0.191 e. The van der Waals surface area contributed by atoms with Crippen LogP contribution < -0.4 is 15.5 Å². The monoisotopic (exact) mass is 549 g/mol. The average Bonchev–Trinajstić information content (AvgIpc) is 3.37. The molecule has 0 amide bonds. The van der Waals surface area contributed by atoms with Gasteiger partial charge in [0, 0.05) is 44.6 Å². The SMILES string of the molecule is CN=C(NCc1ccccc1-n1nc(C)cc1C)NC1CCN(c2ncccc2F)C1.I. The van der Waals surface area contributed by atoms with Gasteiger partial charge in [-0.25, -0.2) is 14.1 Å². The predicted octanol–water partition coefficient (Wildman–Crippen LogP) is 3.59. The molecule has 1 aromatic carbocycles. The Hall–Kier alpha value is -2.69. The molecule has 7 nitrogen and oxygen atoms in total. The summed E-state index contributed by atoms with van der Waals surface area (Å²) in [6.07, 6.45) is 2.51.